The molecule has 0 amide bonds. The molecule has 15 heteroatoms. The third-order valence-electron chi connectivity index (χ3n) is 13.8. The molecule has 0 radical (unpaired) electrons. The molecular formula is C54H43N11O4. The predicted molar refractivity (Wildman–Crippen MR) is 266 cm³/mol. The van der Waals surface area contributed by atoms with E-state index in [1.54, 1.807) is 10.8 Å². The van der Waals surface area contributed by atoms with Crippen LogP contribution in [0.5, 0.6) is 0 Å². The number of nitrogens with zero attached hydrogens (tertiary/aromatic N) is 9. The van der Waals surface area contributed by atoms with Crippen LogP contribution in [0.2, 0.25) is 0 Å². The first-order valence-electron chi connectivity index (χ1n) is 23.0. The predicted octanol–water partition coefficient (Wildman–Crippen LogP) is 7.08. The van der Waals surface area contributed by atoms with E-state index >= 15 is 0 Å². The van der Waals surface area contributed by atoms with Crippen LogP contribution < -0.4 is 11.3 Å². The van der Waals surface area contributed by atoms with Gasteiger partial charge in [-0.25, -0.2) is 9.36 Å². The number of hydrogen-bond acceptors (Lipinski definition) is 11. The summed E-state index contributed by atoms with van der Waals surface area (Å²) in [5, 5.41) is 53.7. The fourth-order valence-electron chi connectivity index (χ4n) is 10.6. The van der Waals surface area contributed by atoms with Crippen LogP contribution >= 0.6 is 0 Å². The van der Waals surface area contributed by atoms with Gasteiger partial charge in [-0.05, 0) is 75.8 Å². The van der Waals surface area contributed by atoms with Crippen molar-refractivity contribution in [3.63, 3.8) is 0 Å². The highest BCUT2D eigenvalue weighted by Crippen LogP contribution is 2.38. The van der Waals surface area contributed by atoms with Gasteiger partial charge >= 0.3 is 0 Å². The van der Waals surface area contributed by atoms with Crippen LogP contribution in [0.1, 0.15) is 40.7 Å². The van der Waals surface area contributed by atoms with Gasteiger partial charge in [-0.15, -0.1) is 10.2 Å². The highest BCUT2D eigenvalue weighted by atomic mass is 16.5. The summed E-state index contributed by atoms with van der Waals surface area (Å²) < 4.78 is 11.3. The van der Waals surface area contributed by atoms with Crippen LogP contribution in [0.4, 0.5) is 5.95 Å². The average Bonchev–Trinajstić information content (AvgIpc) is 4.17. The lowest BCUT2D eigenvalue weighted by Gasteiger charge is -2.16. The van der Waals surface area contributed by atoms with Crippen LogP contribution in [-0.2, 0) is 30.9 Å². The third-order valence-corrected chi connectivity index (χ3v) is 13.8. The SMILES string of the molecule is Nc1nc2c(c(C#CCN(Cc3cn(Cc4ccc5ccc6cccc7ccc4c5c67)nn3)Cc3cn(Cc4ccc5ccc6cccc7ccc4c5c67)nn3)cn2[C@H]2C[C@H](O)[C@@H](CO)O2)c(=O)[nH]1. The maximum Gasteiger partial charge on any atom is 0.263 e. The van der Waals surface area contributed by atoms with Crippen molar-refractivity contribution in [2.24, 2.45) is 0 Å². The van der Waals surface area contributed by atoms with Crippen molar-refractivity contribution in [3.05, 3.63) is 166 Å². The highest BCUT2D eigenvalue weighted by molar-refractivity contribution is 6.24. The van der Waals surface area contributed by atoms with E-state index in [0.29, 0.717) is 31.7 Å². The summed E-state index contributed by atoms with van der Waals surface area (Å²) in [6, 6.07) is 39.2. The zero-order valence-corrected chi connectivity index (χ0v) is 37.1. The maximum absolute atomic E-state index is 13.4. The summed E-state index contributed by atoms with van der Waals surface area (Å²) in [5.41, 5.74) is 10.0. The van der Waals surface area contributed by atoms with E-state index in [2.05, 4.69) is 157 Å². The lowest BCUT2D eigenvalue weighted by molar-refractivity contribution is -0.0430. The Hall–Kier alpha value is -8.26. The van der Waals surface area contributed by atoms with Gasteiger partial charge in [0.1, 0.15) is 12.3 Å². The number of aliphatic hydroxyl groups excluding tert-OH is 2. The lowest BCUT2D eigenvalue weighted by atomic mass is 9.92. The number of nitrogen functional groups attached to an aromatic ring is 1. The Morgan fingerprint density at radius 3 is 1.75 bits per heavy atom. The van der Waals surface area contributed by atoms with Crippen LogP contribution in [-0.4, -0.2) is 85.0 Å². The number of rotatable bonds is 11. The second kappa shape index (κ2) is 16.2. The van der Waals surface area contributed by atoms with Gasteiger partial charge < -0.3 is 25.3 Å². The molecular weight excluding hydrogens is 867 g/mol. The van der Waals surface area contributed by atoms with Crippen molar-refractivity contribution in [2.75, 3.05) is 18.9 Å². The molecule has 0 unspecified atom stereocenters. The van der Waals surface area contributed by atoms with Gasteiger partial charge in [0.25, 0.3) is 5.56 Å². The van der Waals surface area contributed by atoms with Crippen molar-refractivity contribution in [1.29, 1.82) is 0 Å². The van der Waals surface area contributed by atoms with E-state index < -0.39 is 24.0 Å². The van der Waals surface area contributed by atoms with E-state index in [0.717, 1.165) is 22.5 Å². The Balaban J connectivity index is 0.809. The van der Waals surface area contributed by atoms with Gasteiger partial charge in [0, 0.05) is 25.7 Å². The lowest BCUT2D eigenvalue weighted by Crippen LogP contribution is -2.24. The van der Waals surface area contributed by atoms with Crippen molar-refractivity contribution in [3.8, 4) is 11.8 Å². The molecule has 69 heavy (non-hydrogen) atoms. The largest absolute Gasteiger partial charge is 0.394 e. The van der Waals surface area contributed by atoms with Gasteiger partial charge in [-0.1, -0.05) is 131 Å². The molecule has 1 fully saturated rings. The molecule has 1 aliphatic heterocycles. The van der Waals surface area contributed by atoms with Crippen molar-refractivity contribution in [2.45, 2.75) is 51.0 Å². The van der Waals surface area contributed by atoms with Crippen molar-refractivity contribution >= 4 is 81.6 Å². The summed E-state index contributed by atoms with van der Waals surface area (Å²) in [7, 11) is 0. The molecule has 4 aromatic heterocycles. The zero-order valence-electron chi connectivity index (χ0n) is 37.1. The molecule has 0 bridgehead atoms. The minimum Gasteiger partial charge on any atom is -0.394 e. The summed E-state index contributed by atoms with van der Waals surface area (Å²) in [6.45, 7) is 1.78. The number of ether oxygens (including phenoxy) is 1. The van der Waals surface area contributed by atoms with E-state index in [1.807, 2.05) is 21.8 Å². The van der Waals surface area contributed by atoms with Crippen LogP contribution in [0.3, 0.4) is 0 Å². The average molecular weight is 910 g/mol. The van der Waals surface area contributed by atoms with Crippen LogP contribution in [0.25, 0.3) is 75.7 Å². The number of aromatic nitrogens is 9. The second-order valence-corrected chi connectivity index (χ2v) is 18.1. The first kappa shape index (κ1) is 41.0. The molecule has 1 aliphatic rings. The van der Waals surface area contributed by atoms with E-state index in [1.165, 1.54) is 64.6 Å². The van der Waals surface area contributed by atoms with Crippen LogP contribution in [0, 0.1) is 11.8 Å². The maximum atomic E-state index is 13.4. The summed E-state index contributed by atoms with van der Waals surface area (Å²) in [4.78, 5) is 22.5. The molecule has 8 aromatic carbocycles. The summed E-state index contributed by atoms with van der Waals surface area (Å²) in [6.07, 6.45) is 3.48. The fourth-order valence-corrected chi connectivity index (χ4v) is 10.6. The molecule has 5 N–H and O–H groups in total. The minimum atomic E-state index is -0.891. The number of aliphatic hydroxyl groups is 2. The molecule has 1 saturated heterocycles. The molecule has 0 saturated carbocycles. The zero-order chi connectivity index (χ0) is 46.3. The first-order chi connectivity index (χ1) is 33.8. The number of nitrogens with one attached hydrogen (secondary N) is 1. The van der Waals surface area contributed by atoms with Crippen molar-refractivity contribution in [1.82, 2.24) is 49.4 Å². The topological polar surface area (TPSA) is 191 Å². The van der Waals surface area contributed by atoms with Crippen molar-refractivity contribution < 1.29 is 14.9 Å². The van der Waals surface area contributed by atoms with Gasteiger partial charge in [-0.2, -0.15) is 4.98 Å². The van der Waals surface area contributed by atoms with Gasteiger partial charge in [0.15, 0.2) is 5.65 Å². The van der Waals surface area contributed by atoms with E-state index in [4.69, 9.17) is 10.5 Å². The molecule has 3 atom stereocenters. The number of hydrogen-bond donors (Lipinski definition) is 4. The quantitative estimate of drug-likeness (QED) is 0.0767. The number of nitrogens with two attached hydrogens (primary N) is 1. The Kier molecular flexibility index (Phi) is 9.63. The molecule has 0 aliphatic carbocycles. The normalized spacial score (nSPS) is 16.5. The Bertz CT molecular complexity index is 3840. The molecule has 13 rings (SSSR count). The molecule has 338 valence electrons. The number of fused-ring (bicyclic) bond motifs is 1. The smallest absolute Gasteiger partial charge is 0.263 e. The Morgan fingerprint density at radius 2 is 1.22 bits per heavy atom. The van der Waals surface area contributed by atoms with E-state index in [-0.39, 0.29) is 36.6 Å². The molecule has 5 heterocycles. The molecule has 12 aromatic rings. The number of aromatic amines is 1. The van der Waals surface area contributed by atoms with Gasteiger partial charge in [0.05, 0.1) is 67.1 Å². The molecule has 0 spiro atoms. The number of benzene rings is 8. The van der Waals surface area contributed by atoms with Gasteiger partial charge in [0.2, 0.25) is 5.95 Å². The highest BCUT2D eigenvalue weighted by Gasteiger charge is 2.36. The monoisotopic (exact) mass is 909 g/mol. The minimum absolute atomic E-state index is 0.0609. The van der Waals surface area contributed by atoms with E-state index in [9.17, 15) is 15.0 Å². The summed E-state index contributed by atoms with van der Waals surface area (Å²) >= 11 is 0. The Morgan fingerprint density at radius 1 is 0.696 bits per heavy atom. The first-order valence-corrected chi connectivity index (χ1v) is 23.0. The van der Waals surface area contributed by atoms with Crippen LogP contribution in [0.15, 0.2) is 133 Å². The number of anilines is 1. The fraction of sp³-hybridized carbons (Fsp3) is 0.185. The molecule has 15 nitrogen and oxygen atoms in total. The second-order valence-electron chi connectivity index (χ2n) is 18.1. The van der Waals surface area contributed by atoms with Gasteiger partial charge in [-0.3, -0.25) is 14.7 Å². The summed E-state index contributed by atoms with van der Waals surface area (Å²) in [5.74, 6) is 6.46. The Labute approximate surface area is 392 Å². The standard InChI is InChI=1S/C54H43N11O4/c55-54-56-52-51(53(68)57-54)39(25-65(52)46-22-44(67)45(30-66)69-46)8-3-21-62(26-40-28-63(60-58-40)23-37-15-13-35-11-9-31-4-1-6-33-17-19-42(37)49(35)47(31)33)27-41-29-64(61-59-41)24-38-16-14-36-12-10-32-5-2-7-34-18-20-43(38)50(36)48(32)34/h1-2,4-7,9-20,25,28-29,44-46,66-67H,21-24,26-27,30H2,(H3,55,56,57,68)/t44-,45+,46+/m0/s1. The number of H-pyrrole nitrogens is 1. The third kappa shape index (κ3) is 7.08.